The van der Waals surface area contributed by atoms with E-state index in [-0.39, 0.29) is 41.8 Å². The number of likely N-dealkylation sites (tertiary alicyclic amines) is 1. The van der Waals surface area contributed by atoms with Crippen molar-refractivity contribution in [2.45, 2.75) is 46.6 Å². The van der Waals surface area contributed by atoms with Crippen molar-refractivity contribution in [3.63, 3.8) is 0 Å². The van der Waals surface area contributed by atoms with Crippen molar-refractivity contribution in [3.05, 3.63) is 52.8 Å². The average Bonchev–Trinajstić information content (AvgIpc) is 3.58. The van der Waals surface area contributed by atoms with Gasteiger partial charge in [-0.15, -0.1) is 0 Å². The van der Waals surface area contributed by atoms with Crippen LogP contribution in [0.1, 0.15) is 36.5 Å². The molecule has 41 heavy (non-hydrogen) atoms. The fourth-order valence-corrected chi connectivity index (χ4v) is 4.81. The third-order valence-corrected chi connectivity index (χ3v) is 6.74. The lowest BCUT2D eigenvalue weighted by Crippen LogP contribution is -2.42. The number of carboxylic acids is 1. The number of carbonyl (C=O) groups is 2. The van der Waals surface area contributed by atoms with Crippen LogP contribution in [-0.2, 0) is 9.59 Å². The largest absolute Gasteiger partial charge is 0.483 e. The highest BCUT2D eigenvalue weighted by molar-refractivity contribution is 5.85. The van der Waals surface area contributed by atoms with Gasteiger partial charge in [0.2, 0.25) is 5.89 Å². The van der Waals surface area contributed by atoms with Gasteiger partial charge in [0, 0.05) is 18.2 Å². The number of halogens is 1. The number of aromatic nitrogens is 3. The lowest BCUT2D eigenvalue weighted by molar-refractivity contribution is -0.149. The molecule has 12 heteroatoms. The molecule has 1 amide bonds. The van der Waals surface area contributed by atoms with Gasteiger partial charge >= 0.3 is 12.0 Å². The number of amides is 1. The molecule has 1 atom stereocenters. The Balaban J connectivity index is 1.40. The molecule has 11 nitrogen and oxygen atoms in total. The monoisotopic (exact) mass is 564 g/mol. The molecule has 1 saturated heterocycles. The Labute approximate surface area is 234 Å². The van der Waals surface area contributed by atoms with Gasteiger partial charge in [-0.3, -0.25) is 4.79 Å². The lowest BCUT2D eigenvalue weighted by Gasteiger charge is -2.22. The van der Waals surface area contributed by atoms with Gasteiger partial charge < -0.3 is 28.6 Å². The average molecular weight is 565 g/mol. The van der Waals surface area contributed by atoms with Crippen LogP contribution in [0, 0.1) is 26.6 Å². The summed E-state index contributed by atoms with van der Waals surface area (Å²) >= 11 is 0. The fourth-order valence-electron chi connectivity index (χ4n) is 4.81. The van der Waals surface area contributed by atoms with E-state index in [4.69, 9.17) is 18.6 Å². The molecule has 0 spiro atoms. The molecule has 0 radical (unpaired) electrons. The Hall–Kier alpha value is -4.74. The standard InChI is InChI=1S/C29H29FN4O7/c1-5-38-26-23-27(33-29(32-26)40-21-13-19(30)9-8-15(21)2)41-25(31-23)18-11-16(3)24(17(4)12-18)39-14-22(35)34-10-6-7-20(34)28(36)37/h8-9,11-13,20H,5-7,10,14H2,1-4H3,(H,36,37)/t20-/m0/s1. The minimum atomic E-state index is -1.01. The molecular weight excluding hydrogens is 535 g/mol. The zero-order valence-corrected chi connectivity index (χ0v) is 23.1. The third-order valence-electron chi connectivity index (χ3n) is 6.74. The second-order valence-electron chi connectivity index (χ2n) is 9.74. The molecule has 0 saturated carbocycles. The van der Waals surface area contributed by atoms with Gasteiger partial charge in [-0.1, -0.05) is 6.07 Å². The maximum absolute atomic E-state index is 13.8. The summed E-state index contributed by atoms with van der Waals surface area (Å²) < 4.78 is 37.0. The number of hydrogen-bond acceptors (Lipinski definition) is 9. The number of aryl methyl sites for hydroxylation is 3. The first-order valence-electron chi connectivity index (χ1n) is 13.2. The number of nitrogens with zero attached hydrogens (tertiary/aromatic N) is 4. The molecule has 3 heterocycles. The van der Waals surface area contributed by atoms with E-state index in [1.54, 1.807) is 32.0 Å². The van der Waals surface area contributed by atoms with E-state index >= 15 is 0 Å². The molecule has 1 N–H and O–H groups in total. The van der Waals surface area contributed by atoms with Crippen LogP contribution in [0.3, 0.4) is 0 Å². The molecule has 2 aromatic carbocycles. The van der Waals surface area contributed by atoms with Gasteiger partial charge in [-0.25, -0.2) is 14.2 Å². The Kier molecular flexibility index (Phi) is 7.73. The fraction of sp³-hybridized carbons (Fsp3) is 0.345. The van der Waals surface area contributed by atoms with Crippen LogP contribution in [0.5, 0.6) is 23.4 Å². The van der Waals surface area contributed by atoms with E-state index < -0.39 is 17.8 Å². The molecule has 1 fully saturated rings. The number of rotatable bonds is 9. The maximum atomic E-state index is 13.8. The van der Waals surface area contributed by atoms with Gasteiger partial charge in [-0.2, -0.15) is 9.97 Å². The highest BCUT2D eigenvalue weighted by atomic mass is 19.1. The van der Waals surface area contributed by atoms with Crippen molar-refractivity contribution >= 4 is 23.1 Å². The van der Waals surface area contributed by atoms with Crippen LogP contribution in [0.25, 0.3) is 22.7 Å². The quantitative estimate of drug-likeness (QED) is 0.296. The van der Waals surface area contributed by atoms with E-state index in [2.05, 4.69) is 15.0 Å². The molecule has 0 aliphatic carbocycles. The molecule has 1 aliphatic rings. The first-order chi connectivity index (χ1) is 19.6. The molecular formula is C29H29FN4O7. The van der Waals surface area contributed by atoms with Crippen LogP contribution in [0.15, 0.2) is 34.7 Å². The van der Waals surface area contributed by atoms with Crippen LogP contribution in [0.2, 0.25) is 0 Å². The minimum Gasteiger partial charge on any atom is -0.483 e. The summed E-state index contributed by atoms with van der Waals surface area (Å²) in [5.41, 5.74) is 3.21. The van der Waals surface area contributed by atoms with E-state index in [0.29, 0.717) is 48.4 Å². The molecule has 0 bridgehead atoms. The highest BCUT2D eigenvalue weighted by Crippen LogP contribution is 2.35. The van der Waals surface area contributed by atoms with Crippen LogP contribution in [-0.4, -0.2) is 62.6 Å². The van der Waals surface area contributed by atoms with Crippen molar-refractivity contribution in [1.29, 1.82) is 0 Å². The number of ether oxygens (including phenoxy) is 3. The number of benzene rings is 2. The number of carbonyl (C=O) groups excluding carboxylic acids is 1. The number of oxazole rings is 1. The summed E-state index contributed by atoms with van der Waals surface area (Å²) in [7, 11) is 0. The van der Waals surface area contributed by atoms with E-state index in [1.165, 1.54) is 17.0 Å². The van der Waals surface area contributed by atoms with Crippen LogP contribution >= 0.6 is 0 Å². The Morgan fingerprint density at radius 3 is 2.54 bits per heavy atom. The van der Waals surface area contributed by atoms with Crippen LogP contribution < -0.4 is 14.2 Å². The Bertz CT molecular complexity index is 1610. The minimum absolute atomic E-state index is 0.0822. The topological polar surface area (TPSA) is 137 Å². The van der Waals surface area contributed by atoms with Gasteiger partial charge in [-0.05, 0) is 75.4 Å². The SMILES string of the molecule is CCOc1nc(Oc2cc(F)ccc2C)nc2oc(-c3cc(C)c(OCC(=O)N4CCC[C@H]4C(=O)O)c(C)c3)nc12. The maximum Gasteiger partial charge on any atom is 0.328 e. The van der Waals surface area contributed by atoms with Crippen molar-refractivity contribution in [2.75, 3.05) is 19.8 Å². The smallest absolute Gasteiger partial charge is 0.328 e. The van der Waals surface area contributed by atoms with Crippen molar-refractivity contribution in [1.82, 2.24) is 19.9 Å². The molecule has 4 aromatic rings. The summed E-state index contributed by atoms with van der Waals surface area (Å²) in [5.74, 6) is -0.650. The molecule has 1 aliphatic heterocycles. The molecule has 5 rings (SSSR count). The number of fused-ring (bicyclic) bond motifs is 1. The van der Waals surface area contributed by atoms with Gasteiger partial charge in [0.25, 0.3) is 17.5 Å². The molecule has 2 aromatic heterocycles. The van der Waals surface area contributed by atoms with Crippen molar-refractivity contribution in [3.8, 4) is 34.8 Å². The number of aliphatic carboxylic acids is 1. The summed E-state index contributed by atoms with van der Waals surface area (Å²) in [6.07, 6.45) is 1.08. The Morgan fingerprint density at radius 2 is 1.83 bits per heavy atom. The van der Waals surface area contributed by atoms with Crippen LogP contribution in [0.4, 0.5) is 4.39 Å². The first kappa shape index (κ1) is 27.8. The summed E-state index contributed by atoms with van der Waals surface area (Å²) in [4.78, 5) is 38.6. The summed E-state index contributed by atoms with van der Waals surface area (Å²) in [5, 5.41) is 9.36. The Morgan fingerprint density at radius 1 is 1.07 bits per heavy atom. The zero-order valence-electron chi connectivity index (χ0n) is 23.1. The number of carboxylic acid groups (broad SMARTS) is 1. The van der Waals surface area contributed by atoms with E-state index in [1.807, 2.05) is 13.8 Å². The summed E-state index contributed by atoms with van der Waals surface area (Å²) in [6.45, 7) is 7.66. The second-order valence-corrected chi connectivity index (χ2v) is 9.74. The van der Waals surface area contributed by atoms with Gasteiger partial charge in [0.1, 0.15) is 23.4 Å². The molecule has 214 valence electrons. The number of hydrogen-bond donors (Lipinski definition) is 1. The van der Waals surface area contributed by atoms with Gasteiger partial charge in [0.15, 0.2) is 12.1 Å². The predicted molar refractivity (Wildman–Crippen MR) is 145 cm³/mol. The van der Waals surface area contributed by atoms with E-state index in [9.17, 15) is 19.1 Å². The molecule has 0 unspecified atom stereocenters. The zero-order chi connectivity index (χ0) is 29.3. The summed E-state index contributed by atoms with van der Waals surface area (Å²) in [6, 6.07) is 6.87. The second kappa shape index (κ2) is 11.4. The third kappa shape index (κ3) is 5.76. The first-order valence-corrected chi connectivity index (χ1v) is 13.2. The van der Waals surface area contributed by atoms with Crippen molar-refractivity contribution in [2.24, 2.45) is 0 Å². The van der Waals surface area contributed by atoms with Gasteiger partial charge in [0.05, 0.1) is 6.61 Å². The predicted octanol–water partition coefficient (Wildman–Crippen LogP) is 4.99. The highest BCUT2D eigenvalue weighted by Gasteiger charge is 2.34. The van der Waals surface area contributed by atoms with E-state index in [0.717, 1.165) is 11.1 Å². The normalized spacial score (nSPS) is 14.9. The van der Waals surface area contributed by atoms with Crippen molar-refractivity contribution < 1.29 is 37.7 Å². The lowest BCUT2D eigenvalue weighted by atomic mass is 10.1.